The van der Waals surface area contributed by atoms with Crippen LogP contribution in [0.2, 0.25) is 5.02 Å². The third-order valence-corrected chi connectivity index (χ3v) is 4.12. The molecular formula is C15H20ClNO2. The lowest BCUT2D eigenvalue weighted by molar-refractivity contribution is 0.0983. The van der Waals surface area contributed by atoms with Crippen molar-refractivity contribution in [1.29, 1.82) is 0 Å². The van der Waals surface area contributed by atoms with Crippen molar-refractivity contribution in [3.63, 3.8) is 0 Å². The van der Waals surface area contributed by atoms with Crippen molar-refractivity contribution in [2.24, 2.45) is 5.73 Å². The molecule has 19 heavy (non-hydrogen) atoms. The fraction of sp³-hybridized carbons (Fsp3) is 0.600. The highest BCUT2D eigenvalue weighted by Gasteiger charge is 2.22. The Morgan fingerprint density at radius 2 is 2.26 bits per heavy atom. The van der Waals surface area contributed by atoms with Crippen molar-refractivity contribution in [1.82, 2.24) is 0 Å². The zero-order valence-corrected chi connectivity index (χ0v) is 11.8. The summed E-state index contributed by atoms with van der Waals surface area (Å²) in [5.41, 5.74) is 8.61. The first-order valence-electron chi connectivity index (χ1n) is 7.03. The highest BCUT2D eigenvalue weighted by molar-refractivity contribution is 6.30. The number of hydrogen-bond donors (Lipinski definition) is 1. The van der Waals surface area contributed by atoms with Crippen molar-refractivity contribution >= 4 is 11.6 Å². The number of benzene rings is 1. The van der Waals surface area contributed by atoms with Crippen molar-refractivity contribution in [2.75, 3.05) is 13.2 Å². The fourth-order valence-electron chi connectivity index (χ4n) is 3.03. The van der Waals surface area contributed by atoms with E-state index in [1.807, 2.05) is 12.1 Å². The SMILES string of the molecule is NC(Cc1cc(Cl)cc2c1OCC2)CC1CCCO1. The van der Waals surface area contributed by atoms with Crippen LogP contribution in [0.25, 0.3) is 0 Å². The van der Waals surface area contributed by atoms with Gasteiger partial charge in [-0.1, -0.05) is 11.6 Å². The van der Waals surface area contributed by atoms with E-state index in [0.717, 1.165) is 61.7 Å². The molecule has 2 aliphatic rings. The predicted molar refractivity (Wildman–Crippen MR) is 75.9 cm³/mol. The summed E-state index contributed by atoms with van der Waals surface area (Å²) in [5, 5.41) is 0.781. The molecule has 0 spiro atoms. The lowest BCUT2D eigenvalue weighted by Crippen LogP contribution is -2.28. The Bertz CT molecular complexity index is 458. The number of hydrogen-bond acceptors (Lipinski definition) is 3. The summed E-state index contributed by atoms with van der Waals surface area (Å²) < 4.78 is 11.4. The Labute approximate surface area is 119 Å². The van der Waals surface area contributed by atoms with Crippen LogP contribution in [-0.2, 0) is 17.6 Å². The Balaban J connectivity index is 1.68. The van der Waals surface area contributed by atoms with Crippen LogP contribution < -0.4 is 10.5 Å². The maximum absolute atomic E-state index is 6.25. The normalized spacial score (nSPS) is 23.2. The number of halogens is 1. The number of rotatable bonds is 4. The largest absolute Gasteiger partial charge is 0.493 e. The third kappa shape index (κ3) is 3.04. The molecule has 3 rings (SSSR count). The quantitative estimate of drug-likeness (QED) is 0.923. The molecule has 4 heteroatoms. The van der Waals surface area contributed by atoms with E-state index in [0.29, 0.717) is 6.10 Å². The fourth-order valence-corrected chi connectivity index (χ4v) is 3.29. The molecule has 3 nitrogen and oxygen atoms in total. The molecule has 2 atom stereocenters. The highest BCUT2D eigenvalue weighted by atomic mass is 35.5. The summed E-state index contributed by atoms with van der Waals surface area (Å²) in [4.78, 5) is 0. The first-order chi connectivity index (χ1) is 9.22. The minimum absolute atomic E-state index is 0.106. The van der Waals surface area contributed by atoms with Crippen LogP contribution >= 0.6 is 11.6 Å². The Morgan fingerprint density at radius 1 is 1.37 bits per heavy atom. The van der Waals surface area contributed by atoms with E-state index in [4.69, 9.17) is 26.8 Å². The number of ether oxygens (including phenoxy) is 2. The molecule has 0 bridgehead atoms. The molecule has 0 radical (unpaired) electrons. The van der Waals surface area contributed by atoms with Gasteiger partial charge in [0.25, 0.3) is 0 Å². The maximum atomic E-state index is 6.25. The van der Waals surface area contributed by atoms with Crippen LogP contribution in [0.5, 0.6) is 5.75 Å². The second-order valence-electron chi connectivity index (χ2n) is 5.49. The van der Waals surface area contributed by atoms with E-state index in [1.54, 1.807) is 0 Å². The molecule has 104 valence electrons. The highest BCUT2D eigenvalue weighted by Crippen LogP contribution is 2.33. The molecule has 1 aromatic carbocycles. The second-order valence-corrected chi connectivity index (χ2v) is 5.92. The average molecular weight is 282 g/mol. The molecular weight excluding hydrogens is 262 g/mol. The minimum atomic E-state index is 0.106. The average Bonchev–Trinajstić information content (AvgIpc) is 2.99. The molecule has 0 aromatic heterocycles. The lowest BCUT2D eigenvalue weighted by Gasteiger charge is -2.17. The van der Waals surface area contributed by atoms with Crippen molar-refractivity contribution in [3.8, 4) is 5.75 Å². The van der Waals surface area contributed by atoms with Crippen LogP contribution in [0.3, 0.4) is 0 Å². The van der Waals surface area contributed by atoms with Gasteiger partial charge < -0.3 is 15.2 Å². The topological polar surface area (TPSA) is 44.5 Å². The van der Waals surface area contributed by atoms with Crippen LogP contribution in [0.4, 0.5) is 0 Å². The monoisotopic (exact) mass is 281 g/mol. The summed E-state index contributed by atoms with van der Waals surface area (Å²) in [6.07, 6.45) is 5.31. The summed E-state index contributed by atoms with van der Waals surface area (Å²) >= 11 is 6.16. The Hall–Kier alpha value is -0.770. The van der Waals surface area contributed by atoms with E-state index < -0.39 is 0 Å². The molecule has 0 amide bonds. The van der Waals surface area contributed by atoms with Gasteiger partial charge in [-0.3, -0.25) is 0 Å². The van der Waals surface area contributed by atoms with Gasteiger partial charge in [0.05, 0.1) is 12.7 Å². The van der Waals surface area contributed by atoms with Gasteiger partial charge in [0, 0.05) is 24.1 Å². The molecule has 2 aliphatic heterocycles. The van der Waals surface area contributed by atoms with E-state index in [-0.39, 0.29) is 6.04 Å². The summed E-state index contributed by atoms with van der Waals surface area (Å²) in [6.45, 7) is 1.64. The zero-order chi connectivity index (χ0) is 13.2. The Kier molecular flexibility index (Phi) is 3.96. The van der Waals surface area contributed by atoms with Crippen LogP contribution in [0.15, 0.2) is 12.1 Å². The van der Waals surface area contributed by atoms with E-state index in [1.165, 1.54) is 5.56 Å². The molecule has 1 aromatic rings. The standard InChI is InChI=1S/C15H20ClNO2/c16-12-6-10-3-5-19-15(10)11(7-12)8-13(17)9-14-2-1-4-18-14/h6-7,13-14H,1-5,8-9,17H2. The molecule has 0 aliphatic carbocycles. The molecule has 2 unspecified atom stereocenters. The number of nitrogens with two attached hydrogens (primary N) is 1. The number of fused-ring (bicyclic) bond motifs is 1. The molecule has 2 N–H and O–H groups in total. The van der Waals surface area contributed by atoms with Gasteiger partial charge in [-0.15, -0.1) is 0 Å². The zero-order valence-electron chi connectivity index (χ0n) is 11.0. The molecule has 1 saturated heterocycles. The predicted octanol–water partition coefficient (Wildman–Crippen LogP) is 2.71. The summed E-state index contributed by atoms with van der Waals surface area (Å²) in [6, 6.07) is 4.09. The van der Waals surface area contributed by atoms with Gasteiger partial charge in [-0.05, 0) is 48.9 Å². The summed E-state index contributed by atoms with van der Waals surface area (Å²) in [7, 11) is 0. The van der Waals surface area contributed by atoms with Crippen LogP contribution in [-0.4, -0.2) is 25.4 Å². The molecule has 1 fully saturated rings. The second kappa shape index (κ2) is 5.70. The smallest absolute Gasteiger partial charge is 0.125 e. The Morgan fingerprint density at radius 3 is 3.05 bits per heavy atom. The lowest BCUT2D eigenvalue weighted by atomic mass is 9.98. The molecule has 2 heterocycles. The van der Waals surface area contributed by atoms with Crippen molar-refractivity contribution in [2.45, 2.75) is 44.2 Å². The van der Waals surface area contributed by atoms with Gasteiger partial charge in [0.1, 0.15) is 5.75 Å². The third-order valence-electron chi connectivity index (χ3n) is 3.90. The van der Waals surface area contributed by atoms with Gasteiger partial charge in [-0.25, -0.2) is 0 Å². The van der Waals surface area contributed by atoms with E-state index >= 15 is 0 Å². The first kappa shape index (κ1) is 13.2. The minimum Gasteiger partial charge on any atom is -0.493 e. The van der Waals surface area contributed by atoms with Crippen molar-refractivity contribution < 1.29 is 9.47 Å². The van der Waals surface area contributed by atoms with Crippen LogP contribution in [0.1, 0.15) is 30.4 Å². The van der Waals surface area contributed by atoms with E-state index in [9.17, 15) is 0 Å². The van der Waals surface area contributed by atoms with Crippen LogP contribution in [0, 0.1) is 0 Å². The van der Waals surface area contributed by atoms with E-state index in [2.05, 4.69) is 0 Å². The first-order valence-corrected chi connectivity index (χ1v) is 7.41. The maximum Gasteiger partial charge on any atom is 0.125 e. The van der Waals surface area contributed by atoms with Gasteiger partial charge >= 0.3 is 0 Å². The van der Waals surface area contributed by atoms with Gasteiger partial charge in [0.15, 0.2) is 0 Å². The summed E-state index contributed by atoms with van der Waals surface area (Å²) in [5.74, 6) is 1.01. The van der Waals surface area contributed by atoms with Crippen molar-refractivity contribution in [3.05, 3.63) is 28.3 Å². The van der Waals surface area contributed by atoms with Gasteiger partial charge in [-0.2, -0.15) is 0 Å². The van der Waals surface area contributed by atoms with Gasteiger partial charge in [0.2, 0.25) is 0 Å². The molecule has 0 saturated carbocycles.